The second kappa shape index (κ2) is 8.93. The van der Waals surface area contributed by atoms with Crippen molar-refractivity contribution >= 4 is 12.0 Å². The van der Waals surface area contributed by atoms with Crippen LogP contribution in [0, 0.1) is 17.2 Å². The monoisotopic (exact) mass is 324 g/mol. The molecule has 0 aromatic heterocycles. The van der Waals surface area contributed by atoms with Gasteiger partial charge in [0.05, 0.1) is 7.11 Å². The van der Waals surface area contributed by atoms with Crippen molar-refractivity contribution in [3.63, 3.8) is 0 Å². The minimum absolute atomic E-state index is 0.124. The Labute approximate surface area is 143 Å². The highest BCUT2D eigenvalue weighted by Gasteiger charge is 2.23. The maximum absolute atomic E-state index is 12.3. The predicted octanol–water partition coefficient (Wildman–Crippen LogP) is 3.85. The van der Waals surface area contributed by atoms with Gasteiger partial charge in [-0.2, -0.15) is 5.26 Å². The summed E-state index contributed by atoms with van der Waals surface area (Å²) in [5.41, 5.74) is 1.02. The maximum Gasteiger partial charge on any atom is 0.262 e. The lowest BCUT2D eigenvalue weighted by atomic mass is 9.86. The average molecular weight is 324 g/mol. The lowest BCUT2D eigenvalue weighted by Gasteiger charge is -2.29. The molecule has 4 nitrogen and oxygen atoms in total. The van der Waals surface area contributed by atoms with E-state index in [4.69, 9.17) is 4.74 Å². The van der Waals surface area contributed by atoms with Crippen LogP contribution in [0.2, 0.25) is 0 Å². The summed E-state index contributed by atoms with van der Waals surface area (Å²) in [6.07, 6.45) is 9.56. The summed E-state index contributed by atoms with van der Waals surface area (Å²) in [7, 11) is 1.61. The number of rotatable bonds is 5. The molecule has 4 heteroatoms. The van der Waals surface area contributed by atoms with Crippen LogP contribution in [0.5, 0.6) is 5.75 Å². The molecule has 1 aromatic rings. The van der Waals surface area contributed by atoms with E-state index in [2.05, 4.69) is 12.2 Å². The Morgan fingerprint density at radius 3 is 2.79 bits per heavy atom. The van der Waals surface area contributed by atoms with Crippen molar-refractivity contribution in [3.05, 3.63) is 47.6 Å². The number of carbonyl (C=O) groups excluding carboxylic acids is 1. The fourth-order valence-corrected chi connectivity index (χ4v) is 2.99. The topological polar surface area (TPSA) is 62.1 Å². The number of allylic oxidation sites excluding steroid dienone is 2. The molecule has 0 spiro atoms. The summed E-state index contributed by atoms with van der Waals surface area (Å²) in [6, 6.07) is 9.74. The van der Waals surface area contributed by atoms with Gasteiger partial charge in [0, 0.05) is 11.6 Å². The summed E-state index contributed by atoms with van der Waals surface area (Å²) in [5, 5.41) is 12.3. The van der Waals surface area contributed by atoms with Crippen molar-refractivity contribution < 1.29 is 9.53 Å². The Kier molecular flexibility index (Phi) is 6.62. The van der Waals surface area contributed by atoms with E-state index in [-0.39, 0.29) is 17.5 Å². The highest BCUT2D eigenvalue weighted by molar-refractivity contribution is 5.97. The number of nitriles is 1. The van der Waals surface area contributed by atoms with Gasteiger partial charge in [-0.25, -0.2) is 0 Å². The fourth-order valence-electron chi connectivity index (χ4n) is 2.99. The van der Waals surface area contributed by atoms with Crippen LogP contribution in [0.1, 0.15) is 38.2 Å². The fraction of sp³-hybridized carbons (Fsp3) is 0.400. The quantitative estimate of drug-likeness (QED) is 0.508. The van der Waals surface area contributed by atoms with Gasteiger partial charge < -0.3 is 10.1 Å². The van der Waals surface area contributed by atoms with E-state index in [0.717, 1.165) is 30.6 Å². The van der Waals surface area contributed by atoms with Gasteiger partial charge in [-0.15, -0.1) is 0 Å². The molecule has 24 heavy (non-hydrogen) atoms. The first kappa shape index (κ1) is 17.8. The van der Waals surface area contributed by atoms with Crippen molar-refractivity contribution in [2.24, 2.45) is 5.92 Å². The van der Waals surface area contributed by atoms with Gasteiger partial charge in [0.1, 0.15) is 17.4 Å². The van der Waals surface area contributed by atoms with Gasteiger partial charge in [0.2, 0.25) is 0 Å². The van der Waals surface area contributed by atoms with Gasteiger partial charge >= 0.3 is 0 Å². The molecule has 2 atom stereocenters. The second-order valence-electron chi connectivity index (χ2n) is 6.13. The maximum atomic E-state index is 12.3. The summed E-state index contributed by atoms with van der Waals surface area (Å²) < 4.78 is 5.27. The zero-order valence-electron chi connectivity index (χ0n) is 14.3. The Balaban J connectivity index is 2.04. The average Bonchev–Trinajstić information content (AvgIpc) is 2.61. The first-order valence-corrected chi connectivity index (χ1v) is 8.38. The molecule has 0 unspecified atom stereocenters. The number of nitrogens with zero attached hydrogens (tertiary/aromatic N) is 1. The number of methoxy groups -OCH3 is 1. The van der Waals surface area contributed by atoms with Crippen LogP contribution in [0.15, 0.2) is 42.0 Å². The Morgan fingerprint density at radius 2 is 2.08 bits per heavy atom. The van der Waals surface area contributed by atoms with E-state index in [9.17, 15) is 10.1 Å². The van der Waals surface area contributed by atoms with Gasteiger partial charge in [0.25, 0.3) is 5.91 Å². The van der Waals surface area contributed by atoms with Crippen LogP contribution in [-0.4, -0.2) is 19.1 Å². The molecule has 1 aliphatic carbocycles. The standard InChI is InChI=1S/C20H24N2O2/c1-15-8-3-5-12-18(15)22-20(23)17(14-21)11-7-10-16-9-4-6-13-19(16)24-2/h4,6-7,9-11,13,15,18H,3,5,8,12H2,1-2H3,(H,22,23)/b10-7+,17-11+/t15-,18-/m1/s1. The lowest BCUT2D eigenvalue weighted by Crippen LogP contribution is -2.41. The van der Waals surface area contributed by atoms with Crippen LogP contribution < -0.4 is 10.1 Å². The summed E-state index contributed by atoms with van der Waals surface area (Å²) in [6.45, 7) is 2.15. The van der Waals surface area contributed by atoms with Gasteiger partial charge in [-0.3, -0.25) is 4.79 Å². The summed E-state index contributed by atoms with van der Waals surface area (Å²) in [5.74, 6) is 0.925. The van der Waals surface area contributed by atoms with E-state index >= 15 is 0 Å². The number of benzene rings is 1. The van der Waals surface area contributed by atoms with Crippen molar-refractivity contribution in [3.8, 4) is 11.8 Å². The molecule has 0 radical (unpaired) electrons. The van der Waals surface area contributed by atoms with E-state index in [0.29, 0.717) is 5.92 Å². The first-order chi connectivity index (χ1) is 11.7. The van der Waals surface area contributed by atoms with Crippen LogP contribution in [0.25, 0.3) is 6.08 Å². The number of hydrogen-bond acceptors (Lipinski definition) is 3. The molecule has 1 amide bonds. The predicted molar refractivity (Wildman–Crippen MR) is 95.3 cm³/mol. The van der Waals surface area contributed by atoms with E-state index in [1.54, 1.807) is 19.3 Å². The SMILES string of the molecule is COc1ccccc1/C=C/C=C(\C#N)C(=O)N[C@@H]1CCCC[C@H]1C. The van der Waals surface area contributed by atoms with Crippen LogP contribution in [0.4, 0.5) is 0 Å². The number of nitrogens with one attached hydrogen (secondary N) is 1. The molecule has 0 bridgehead atoms. The van der Waals surface area contributed by atoms with Crippen molar-refractivity contribution in [2.75, 3.05) is 7.11 Å². The summed E-state index contributed by atoms with van der Waals surface area (Å²) in [4.78, 5) is 12.3. The van der Waals surface area contributed by atoms with Crippen molar-refractivity contribution in [1.29, 1.82) is 5.26 Å². The van der Waals surface area contributed by atoms with Crippen molar-refractivity contribution in [2.45, 2.75) is 38.6 Å². The third-order valence-corrected chi connectivity index (χ3v) is 4.47. The Hall–Kier alpha value is -2.54. The molecule has 0 aliphatic heterocycles. The Bertz CT molecular complexity index is 670. The molecular weight excluding hydrogens is 300 g/mol. The molecule has 1 N–H and O–H groups in total. The van der Waals surface area contributed by atoms with Gasteiger partial charge in [-0.05, 0) is 30.9 Å². The van der Waals surface area contributed by atoms with Crippen LogP contribution in [-0.2, 0) is 4.79 Å². The molecule has 1 aromatic carbocycles. The number of carbonyl (C=O) groups is 1. The number of amides is 1. The molecule has 1 aliphatic rings. The smallest absolute Gasteiger partial charge is 0.262 e. The highest BCUT2D eigenvalue weighted by Crippen LogP contribution is 2.24. The largest absolute Gasteiger partial charge is 0.496 e. The minimum atomic E-state index is -0.291. The molecular formula is C20H24N2O2. The van der Waals surface area contributed by atoms with E-state index < -0.39 is 0 Å². The normalized spacial score (nSPS) is 21.3. The number of para-hydroxylation sites is 1. The minimum Gasteiger partial charge on any atom is -0.496 e. The highest BCUT2D eigenvalue weighted by atomic mass is 16.5. The number of ether oxygens (including phenoxy) is 1. The first-order valence-electron chi connectivity index (χ1n) is 8.38. The lowest BCUT2D eigenvalue weighted by molar-refractivity contribution is -0.118. The molecule has 0 saturated heterocycles. The third-order valence-electron chi connectivity index (χ3n) is 4.47. The molecule has 1 fully saturated rings. The van der Waals surface area contributed by atoms with E-state index in [1.807, 2.05) is 36.4 Å². The molecule has 2 rings (SSSR count). The third kappa shape index (κ3) is 4.73. The van der Waals surface area contributed by atoms with Crippen LogP contribution in [0.3, 0.4) is 0 Å². The zero-order valence-corrected chi connectivity index (χ0v) is 14.3. The number of hydrogen-bond donors (Lipinski definition) is 1. The molecule has 0 heterocycles. The second-order valence-corrected chi connectivity index (χ2v) is 6.13. The van der Waals surface area contributed by atoms with Crippen molar-refractivity contribution in [1.82, 2.24) is 5.32 Å². The van der Waals surface area contributed by atoms with Crippen LogP contribution >= 0.6 is 0 Å². The van der Waals surface area contributed by atoms with Gasteiger partial charge in [0.15, 0.2) is 0 Å². The summed E-state index contributed by atoms with van der Waals surface area (Å²) >= 11 is 0. The van der Waals surface area contributed by atoms with Gasteiger partial charge in [-0.1, -0.05) is 50.1 Å². The van der Waals surface area contributed by atoms with E-state index in [1.165, 1.54) is 6.42 Å². The molecule has 1 saturated carbocycles. The zero-order chi connectivity index (χ0) is 17.4. The molecule has 126 valence electrons. The Morgan fingerprint density at radius 1 is 1.33 bits per heavy atom.